The Kier molecular flexibility index (Phi) is 15.5. The van der Waals surface area contributed by atoms with Crippen LogP contribution in [0.5, 0.6) is 0 Å². The van der Waals surface area contributed by atoms with Gasteiger partial charge in [0.2, 0.25) is 0 Å². The molecule has 34 heavy (non-hydrogen) atoms. The number of aromatic nitrogens is 1. The van der Waals surface area contributed by atoms with Crippen molar-refractivity contribution in [3.8, 4) is 0 Å². The zero-order valence-electron chi connectivity index (χ0n) is 20.1. The number of piperidine rings is 1. The minimum Gasteiger partial charge on any atom is -0.412 e. The molecule has 9 heteroatoms. The molecular formula is C25H45Cl2N3O4. The van der Waals surface area contributed by atoms with Gasteiger partial charge < -0.3 is 31.6 Å². The molecule has 0 radical (unpaired) electrons. The molecular weight excluding hydrogens is 477 g/mol. The van der Waals surface area contributed by atoms with Gasteiger partial charge in [-0.2, -0.15) is 0 Å². The number of H-pyrrole nitrogens is 1. The van der Waals surface area contributed by atoms with Crippen LogP contribution in [-0.2, 0) is 6.54 Å². The van der Waals surface area contributed by atoms with Gasteiger partial charge in [-0.25, -0.2) is 0 Å². The third kappa shape index (κ3) is 9.11. The second-order valence-corrected chi connectivity index (χ2v) is 10.8. The average Bonchev–Trinajstić information content (AvgIpc) is 2.67. The molecule has 0 spiro atoms. The normalized spacial score (nSPS) is 22.4. The quantitative estimate of drug-likeness (QED) is 0.531. The highest BCUT2D eigenvalue weighted by molar-refractivity contribution is 6.30. The first kappa shape index (κ1) is 35.0. The zero-order valence-corrected chi connectivity index (χ0v) is 21.6. The lowest BCUT2D eigenvalue weighted by molar-refractivity contribution is 0.0630. The molecule has 0 aromatic carbocycles. The number of rotatable bonds is 7. The molecule has 1 saturated heterocycles. The van der Waals surface area contributed by atoms with Crippen molar-refractivity contribution in [2.24, 2.45) is 17.3 Å². The number of hydrogen-bond acceptors (Lipinski definition) is 3. The van der Waals surface area contributed by atoms with Crippen LogP contribution in [0, 0.1) is 17.3 Å². The molecule has 3 atom stereocenters. The smallest absolute Gasteiger partial charge is 0.252 e. The predicted molar refractivity (Wildman–Crippen MR) is 145 cm³/mol. The van der Waals surface area contributed by atoms with Crippen LogP contribution in [0.25, 0.3) is 0 Å². The van der Waals surface area contributed by atoms with Crippen LogP contribution in [0.15, 0.2) is 40.9 Å². The van der Waals surface area contributed by atoms with Crippen LogP contribution in [0.4, 0.5) is 0 Å². The number of nitrogens with zero attached hydrogens (tertiary/aromatic N) is 1. The Bertz CT molecular complexity index is 855. The third-order valence-corrected chi connectivity index (χ3v) is 7.09. The number of hydrogen-bond donors (Lipinski definition) is 2. The van der Waals surface area contributed by atoms with E-state index in [1.54, 1.807) is 6.07 Å². The van der Waals surface area contributed by atoms with Crippen molar-refractivity contribution in [3.05, 3.63) is 57.0 Å². The van der Waals surface area contributed by atoms with E-state index < -0.39 is 0 Å². The number of halogens is 2. The van der Waals surface area contributed by atoms with E-state index in [2.05, 4.69) is 61.1 Å². The molecule has 1 aliphatic carbocycles. The number of nitrogens with one attached hydrogen (secondary N) is 2. The summed E-state index contributed by atoms with van der Waals surface area (Å²) in [5.74, 6) is 1.04. The summed E-state index contributed by atoms with van der Waals surface area (Å²) in [5, 5.41) is 4.30. The molecule has 2 aliphatic rings. The van der Waals surface area contributed by atoms with Crippen LogP contribution < -0.4 is 10.9 Å². The zero-order chi connectivity index (χ0) is 21.9. The van der Waals surface area contributed by atoms with Crippen LogP contribution in [0.2, 0.25) is 5.02 Å². The van der Waals surface area contributed by atoms with Crippen LogP contribution in [0.3, 0.4) is 0 Å². The lowest BCUT2D eigenvalue weighted by atomic mass is 9.69. The van der Waals surface area contributed by atoms with Crippen molar-refractivity contribution in [3.63, 3.8) is 0 Å². The van der Waals surface area contributed by atoms with E-state index in [1.165, 1.54) is 11.8 Å². The number of alkyl halides is 1. The van der Waals surface area contributed by atoms with Gasteiger partial charge in [-0.15, -0.1) is 11.6 Å². The van der Waals surface area contributed by atoms with E-state index in [0.29, 0.717) is 35.0 Å². The highest BCUT2D eigenvalue weighted by atomic mass is 35.5. The van der Waals surface area contributed by atoms with Crippen molar-refractivity contribution in [2.45, 2.75) is 65.9 Å². The van der Waals surface area contributed by atoms with Gasteiger partial charge in [-0.1, -0.05) is 65.0 Å². The van der Waals surface area contributed by atoms with Gasteiger partial charge in [0, 0.05) is 37.4 Å². The Balaban J connectivity index is 0. The molecule has 0 saturated carbocycles. The maximum atomic E-state index is 12.1. The topological polar surface area (TPSA) is 143 Å². The van der Waals surface area contributed by atoms with Gasteiger partial charge in [-0.05, 0) is 48.3 Å². The molecule has 0 bridgehead atoms. The second kappa shape index (κ2) is 15.0. The lowest BCUT2D eigenvalue weighted by Gasteiger charge is -2.46. The van der Waals surface area contributed by atoms with E-state index in [9.17, 15) is 4.79 Å². The Labute approximate surface area is 214 Å². The lowest BCUT2D eigenvalue weighted by Crippen LogP contribution is -2.52. The maximum absolute atomic E-state index is 12.1. The molecule has 1 unspecified atom stereocenters. The van der Waals surface area contributed by atoms with Crippen molar-refractivity contribution in [1.29, 1.82) is 0 Å². The molecule has 2 heterocycles. The first-order valence-corrected chi connectivity index (χ1v) is 11.8. The third-order valence-electron chi connectivity index (χ3n) is 6.55. The highest BCUT2D eigenvalue weighted by Gasteiger charge is 2.38. The Hall–Kier alpha value is -1.19. The number of aromatic amines is 1. The monoisotopic (exact) mass is 521 g/mol. The molecule has 1 aliphatic heterocycles. The SMILES string of the molecule is C.CC(C)[C@H](CN1CC[C@H](C2=CCC(Cl)C=C2)C(C)(C)C1)NCc1cc(Cl)c[nH]c1=O.O.O.O. The molecule has 3 rings (SSSR count). The summed E-state index contributed by atoms with van der Waals surface area (Å²) in [6, 6.07) is 2.05. The highest BCUT2D eigenvalue weighted by Crippen LogP contribution is 2.41. The molecule has 1 aromatic heterocycles. The first-order chi connectivity index (χ1) is 14.2. The van der Waals surface area contributed by atoms with Crippen molar-refractivity contribution in [2.75, 3.05) is 19.6 Å². The predicted octanol–water partition coefficient (Wildman–Crippen LogP) is 3.15. The molecule has 1 aromatic rings. The molecule has 0 amide bonds. The Morgan fingerprint density at radius 2 is 1.94 bits per heavy atom. The fourth-order valence-electron chi connectivity index (χ4n) is 4.77. The summed E-state index contributed by atoms with van der Waals surface area (Å²) in [5.41, 5.74) is 2.26. The molecule has 7 nitrogen and oxygen atoms in total. The van der Waals surface area contributed by atoms with Crippen molar-refractivity contribution in [1.82, 2.24) is 15.2 Å². The summed E-state index contributed by atoms with van der Waals surface area (Å²) < 4.78 is 0. The number of likely N-dealkylation sites (tertiary alicyclic amines) is 1. The summed E-state index contributed by atoms with van der Waals surface area (Å²) in [4.78, 5) is 17.3. The van der Waals surface area contributed by atoms with Gasteiger partial charge in [-0.3, -0.25) is 4.79 Å². The molecule has 1 fully saturated rings. The van der Waals surface area contributed by atoms with E-state index in [1.807, 2.05) is 0 Å². The molecule has 8 N–H and O–H groups in total. The minimum atomic E-state index is -0.0793. The van der Waals surface area contributed by atoms with E-state index in [4.69, 9.17) is 23.2 Å². The van der Waals surface area contributed by atoms with Crippen molar-refractivity contribution < 1.29 is 16.4 Å². The first-order valence-electron chi connectivity index (χ1n) is 11.0. The molecule has 198 valence electrons. The fourth-order valence-corrected chi connectivity index (χ4v) is 5.12. The Morgan fingerprint density at radius 3 is 2.50 bits per heavy atom. The number of pyridine rings is 1. The van der Waals surface area contributed by atoms with Gasteiger partial charge in [0.1, 0.15) is 0 Å². The van der Waals surface area contributed by atoms with Crippen LogP contribution in [0.1, 0.15) is 53.5 Å². The van der Waals surface area contributed by atoms with Gasteiger partial charge in [0.25, 0.3) is 5.56 Å². The summed E-state index contributed by atoms with van der Waals surface area (Å²) in [7, 11) is 0. The maximum Gasteiger partial charge on any atom is 0.252 e. The van der Waals surface area contributed by atoms with E-state index in [-0.39, 0.29) is 40.2 Å². The van der Waals surface area contributed by atoms with Crippen LogP contribution >= 0.6 is 23.2 Å². The largest absolute Gasteiger partial charge is 0.412 e. The van der Waals surface area contributed by atoms with Crippen LogP contribution in [-0.4, -0.2) is 57.4 Å². The van der Waals surface area contributed by atoms with Crippen molar-refractivity contribution >= 4 is 23.2 Å². The average molecular weight is 523 g/mol. The van der Waals surface area contributed by atoms with Gasteiger partial charge in [0.15, 0.2) is 0 Å². The fraction of sp³-hybridized carbons (Fsp3) is 0.640. The summed E-state index contributed by atoms with van der Waals surface area (Å²) in [6.45, 7) is 12.9. The standard InChI is InChI=1S/C24H35Cl2N3O.CH4.3H2O/c1-16(2)22(27-12-18-11-20(26)13-28-23(18)30)14-29-10-9-21(24(3,4)15-29)17-5-7-19(25)8-6-17;;;;/h5-7,11,13,16,19,21-22,27H,8-10,12,14-15H2,1-4H3,(H,28,30);1H4;3*1H2/t19?,21-,22+;;;;/m1..../s1. The number of allylic oxidation sites excluding steroid dienone is 4. The minimum absolute atomic E-state index is 0. The van der Waals surface area contributed by atoms with Gasteiger partial charge in [0.05, 0.1) is 10.4 Å². The Morgan fingerprint density at radius 1 is 1.26 bits per heavy atom. The van der Waals surface area contributed by atoms with Gasteiger partial charge >= 0.3 is 0 Å². The second-order valence-electron chi connectivity index (χ2n) is 9.78. The van der Waals surface area contributed by atoms with E-state index >= 15 is 0 Å². The summed E-state index contributed by atoms with van der Waals surface area (Å²) in [6.07, 6.45) is 10.3. The summed E-state index contributed by atoms with van der Waals surface area (Å²) >= 11 is 12.3. The van der Waals surface area contributed by atoms with E-state index in [0.717, 1.165) is 32.5 Å².